The van der Waals surface area contributed by atoms with Crippen molar-refractivity contribution in [3.8, 4) is 5.75 Å². The van der Waals surface area contributed by atoms with Crippen molar-refractivity contribution in [1.29, 1.82) is 0 Å². The standard InChI is InChI=1S/C22H31NO4/c1-7-25-11-9-10-23-20(24)12-14(3)18-13-19-15(4)17(6)27-22(19)16(5)21(18)26-8-2/h12-13H,7-11H2,1-6H3,(H,23,24)/b14-12+. The maximum absolute atomic E-state index is 12.3. The van der Waals surface area contributed by atoms with Gasteiger partial charge >= 0.3 is 0 Å². The fraction of sp³-hybridized carbons (Fsp3) is 0.500. The van der Waals surface area contributed by atoms with Gasteiger partial charge in [0, 0.05) is 42.3 Å². The summed E-state index contributed by atoms with van der Waals surface area (Å²) in [4.78, 5) is 12.3. The molecule has 0 saturated carbocycles. The van der Waals surface area contributed by atoms with E-state index in [-0.39, 0.29) is 5.91 Å². The molecule has 5 heteroatoms. The summed E-state index contributed by atoms with van der Waals surface area (Å²) in [5, 5.41) is 3.97. The van der Waals surface area contributed by atoms with Crippen LogP contribution in [0.5, 0.6) is 5.75 Å². The Bertz CT molecular complexity index is 833. The van der Waals surface area contributed by atoms with Crippen molar-refractivity contribution < 1.29 is 18.7 Å². The molecule has 0 radical (unpaired) electrons. The van der Waals surface area contributed by atoms with E-state index >= 15 is 0 Å². The van der Waals surface area contributed by atoms with E-state index in [1.807, 2.05) is 34.6 Å². The highest BCUT2D eigenvalue weighted by Crippen LogP contribution is 2.38. The molecule has 148 valence electrons. The number of furan rings is 1. The quantitative estimate of drug-likeness (QED) is 0.511. The first-order valence-corrected chi connectivity index (χ1v) is 9.60. The topological polar surface area (TPSA) is 60.7 Å². The van der Waals surface area contributed by atoms with Crippen LogP contribution in [0.4, 0.5) is 0 Å². The lowest BCUT2D eigenvalue weighted by molar-refractivity contribution is -0.116. The maximum Gasteiger partial charge on any atom is 0.244 e. The smallest absolute Gasteiger partial charge is 0.244 e. The zero-order valence-corrected chi connectivity index (χ0v) is 17.3. The summed E-state index contributed by atoms with van der Waals surface area (Å²) in [6.07, 6.45) is 2.43. The molecule has 27 heavy (non-hydrogen) atoms. The second kappa shape index (κ2) is 9.60. The van der Waals surface area contributed by atoms with Crippen molar-refractivity contribution in [3.63, 3.8) is 0 Å². The molecule has 2 aromatic rings. The summed E-state index contributed by atoms with van der Waals surface area (Å²) < 4.78 is 17.1. The molecule has 1 heterocycles. The molecule has 0 unspecified atom stereocenters. The van der Waals surface area contributed by atoms with Crippen molar-refractivity contribution in [3.05, 3.63) is 34.6 Å². The number of amides is 1. The number of carbonyl (C=O) groups is 1. The van der Waals surface area contributed by atoms with Gasteiger partial charge in [0.1, 0.15) is 17.1 Å². The third-order valence-electron chi connectivity index (χ3n) is 4.68. The van der Waals surface area contributed by atoms with E-state index in [2.05, 4.69) is 18.3 Å². The first kappa shape index (κ1) is 21.0. The molecule has 5 nitrogen and oxygen atoms in total. The number of allylic oxidation sites excluding steroid dienone is 1. The summed E-state index contributed by atoms with van der Waals surface area (Å²) in [6, 6.07) is 2.06. The molecule has 1 amide bonds. The Labute approximate surface area is 161 Å². The number of nitrogens with one attached hydrogen (secondary N) is 1. The zero-order valence-electron chi connectivity index (χ0n) is 17.3. The van der Waals surface area contributed by atoms with E-state index in [4.69, 9.17) is 13.9 Å². The number of ether oxygens (including phenoxy) is 2. The molecule has 0 aliphatic carbocycles. The van der Waals surface area contributed by atoms with Gasteiger partial charge in [0.05, 0.1) is 6.61 Å². The first-order valence-electron chi connectivity index (χ1n) is 9.60. The van der Waals surface area contributed by atoms with Crippen molar-refractivity contribution in [1.82, 2.24) is 5.32 Å². The van der Waals surface area contributed by atoms with Gasteiger partial charge in [-0.25, -0.2) is 0 Å². The number of carbonyl (C=O) groups excluding carboxylic acids is 1. The molecule has 0 spiro atoms. The van der Waals surface area contributed by atoms with Crippen LogP contribution in [0.15, 0.2) is 16.6 Å². The average Bonchev–Trinajstić information content (AvgIpc) is 2.92. The van der Waals surface area contributed by atoms with Crippen LogP contribution in [0.25, 0.3) is 16.5 Å². The fourth-order valence-electron chi connectivity index (χ4n) is 3.09. The monoisotopic (exact) mass is 373 g/mol. The van der Waals surface area contributed by atoms with Crippen molar-refractivity contribution >= 4 is 22.4 Å². The van der Waals surface area contributed by atoms with Crippen LogP contribution in [0.3, 0.4) is 0 Å². The van der Waals surface area contributed by atoms with Crippen LogP contribution in [0.2, 0.25) is 0 Å². The molecular weight excluding hydrogens is 342 g/mol. The van der Waals surface area contributed by atoms with Crippen LogP contribution >= 0.6 is 0 Å². The summed E-state index contributed by atoms with van der Waals surface area (Å²) in [5.74, 6) is 1.57. The summed E-state index contributed by atoms with van der Waals surface area (Å²) in [6.45, 7) is 14.4. The minimum atomic E-state index is -0.107. The Morgan fingerprint density at radius 2 is 1.93 bits per heavy atom. The lowest BCUT2D eigenvalue weighted by Gasteiger charge is -2.14. The predicted octanol–water partition coefficient (Wildman–Crippen LogP) is 4.70. The van der Waals surface area contributed by atoms with E-state index in [0.29, 0.717) is 26.4 Å². The molecule has 2 rings (SSSR count). The molecule has 0 fully saturated rings. The third-order valence-corrected chi connectivity index (χ3v) is 4.68. The summed E-state index contributed by atoms with van der Waals surface area (Å²) in [5.41, 5.74) is 4.72. The molecule has 1 aromatic carbocycles. The number of aryl methyl sites for hydroxylation is 3. The van der Waals surface area contributed by atoms with E-state index in [1.165, 1.54) is 0 Å². The highest BCUT2D eigenvalue weighted by Gasteiger charge is 2.18. The lowest BCUT2D eigenvalue weighted by Crippen LogP contribution is -2.23. The number of hydrogen-bond acceptors (Lipinski definition) is 4. The van der Waals surface area contributed by atoms with Gasteiger partial charge < -0.3 is 19.2 Å². The molecule has 0 aliphatic heterocycles. The zero-order chi connectivity index (χ0) is 20.0. The Kier molecular flexibility index (Phi) is 7.48. The van der Waals surface area contributed by atoms with Gasteiger partial charge in [0.25, 0.3) is 0 Å². The number of hydrogen-bond donors (Lipinski definition) is 1. The summed E-state index contributed by atoms with van der Waals surface area (Å²) in [7, 11) is 0. The van der Waals surface area contributed by atoms with Crippen LogP contribution < -0.4 is 10.1 Å². The Balaban J connectivity index is 2.30. The average molecular weight is 373 g/mol. The van der Waals surface area contributed by atoms with Gasteiger partial charge in [-0.15, -0.1) is 0 Å². The van der Waals surface area contributed by atoms with Gasteiger partial charge in [-0.1, -0.05) is 0 Å². The normalized spacial score (nSPS) is 11.9. The molecule has 0 atom stereocenters. The highest BCUT2D eigenvalue weighted by molar-refractivity contribution is 5.98. The second-order valence-electron chi connectivity index (χ2n) is 6.64. The molecule has 1 aromatic heterocycles. The fourth-order valence-corrected chi connectivity index (χ4v) is 3.09. The SMILES string of the molecule is CCOCCCNC(=O)/C=C(\C)c1cc2c(C)c(C)oc2c(C)c1OCC. The Morgan fingerprint density at radius 3 is 2.59 bits per heavy atom. The van der Waals surface area contributed by atoms with Crippen molar-refractivity contribution in [2.24, 2.45) is 0 Å². The van der Waals surface area contributed by atoms with Gasteiger partial charge in [-0.05, 0) is 65.2 Å². The van der Waals surface area contributed by atoms with Crippen molar-refractivity contribution in [2.75, 3.05) is 26.4 Å². The minimum Gasteiger partial charge on any atom is -0.493 e. The van der Waals surface area contributed by atoms with E-state index < -0.39 is 0 Å². The lowest BCUT2D eigenvalue weighted by atomic mass is 9.98. The Hall–Kier alpha value is -2.27. The minimum absolute atomic E-state index is 0.107. The van der Waals surface area contributed by atoms with E-state index in [9.17, 15) is 4.79 Å². The molecule has 0 bridgehead atoms. The molecule has 1 N–H and O–H groups in total. The van der Waals surface area contributed by atoms with Crippen LogP contribution in [-0.2, 0) is 9.53 Å². The predicted molar refractivity (Wildman–Crippen MR) is 109 cm³/mol. The van der Waals surface area contributed by atoms with Gasteiger partial charge in [-0.2, -0.15) is 0 Å². The Morgan fingerprint density at radius 1 is 1.19 bits per heavy atom. The second-order valence-corrected chi connectivity index (χ2v) is 6.64. The van der Waals surface area contributed by atoms with Gasteiger partial charge in [0.15, 0.2) is 0 Å². The van der Waals surface area contributed by atoms with Crippen LogP contribution in [0, 0.1) is 20.8 Å². The molecular formula is C22H31NO4. The largest absolute Gasteiger partial charge is 0.493 e. The van der Waals surface area contributed by atoms with E-state index in [0.717, 1.165) is 51.2 Å². The molecule has 0 saturated heterocycles. The first-order chi connectivity index (χ1) is 12.9. The third kappa shape index (κ3) is 4.92. The number of rotatable bonds is 9. The molecule has 0 aliphatic rings. The number of benzene rings is 1. The summed E-state index contributed by atoms with van der Waals surface area (Å²) >= 11 is 0. The van der Waals surface area contributed by atoms with Gasteiger partial charge in [0.2, 0.25) is 5.91 Å². The van der Waals surface area contributed by atoms with Crippen LogP contribution in [0.1, 0.15) is 49.6 Å². The van der Waals surface area contributed by atoms with Crippen LogP contribution in [-0.4, -0.2) is 32.3 Å². The van der Waals surface area contributed by atoms with E-state index in [1.54, 1.807) is 6.08 Å². The highest BCUT2D eigenvalue weighted by atomic mass is 16.5. The number of fused-ring (bicyclic) bond motifs is 1. The maximum atomic E-state index is 12.3. The van der Waals surface area contributed by atoms with Crippen molar-refractivity contribution in [2.45, 2.75) is 48.0 Å². The van der Waals surface area contributed by atoms with Gasteiger partial charge in [-0.3, -0.25) is 4.79 Å².